The molecule has 0 aliphatic carbocycles. The fraction of sp³-hybridized carbons (Fsp3) is 0.556. The van der Waals surface area contributed by atoms with Gasteiger partial charge in [-0.3, -0.25) is 9.59 Å². The predicted molar refractivity (Wildman–Crippen MR) is 93.0 cm³/mol. The number of ether oxygens (including phenoxy) is 1. The molecule has 0 saturated carbocycles. The van der Waals surface area contributed by atoms with Crippen LogP contribution in [0.15, 0.2) is 30.3 Å². The highest BCUT2D eigenvalue weighted by Gasteiger charge is 2.44. The predicted octanol–water partition coefficient (Wildman–Crippen LogP) is 2.98. The van der Waals surface area contributed by atoms with Gasteiger partial charge < -0.3 is 9.64 Å². The van der Waals surface area contributed by atoms with E-state index in [0.717, 1.165) is 5.56 Å². The lowest BCUT2D eigenvalue weighted by atomic mass is 9.69. The number of likely N-dealkylation sites (tertiary alicyclic amines) is 1. The quantitative estimate of drug-likeness (QED) is 0.717. The van der Waals surface area contributed by atoms with Crippen molar-refractivity contribution in [3.63, 3.8) is 0 Å². The Morgan fingerprint density at radius 3 is 2.52 bits per heavy atom. The Morgan fingerprint density at radius 1 is 1.26 bits per heavy atom. The molecule has 1 heterocycles. The van der Waals surface area contributed by atoms with E-state index in [1.54, 1.807) is 0 Å². The van der Waals surface area contributed by atoms with Crippen molar-refractivity contribution < 1.29 is 14.3 Å². The van der Waals surface area contributed by atoms with Crippen LogP contribution in [0.4, 0.5) is 0 Å². The van der Waals surface area contributed by atoms with Gasteiger partial charge in [0.2, 0.25) is 5.91 Å². The molecule has 1 atom stereocenters. The monoisotopic (exact) mass is 339 g/mol. The van der Waals surface area contributed by atoms with Gasteiger partial charge in [-0.2, -0.15) is 0 Å². The number of benzene rings is 1. The summed E-state index contributed by atoms with van der Waals surface area (Å²) in [5.41, 5.74) is 0.328. The molecule has 1 aliphatic rings. The van der Waals surface area contributed by atoms with Gasteiger partial charge >= 0.3 is 0 Å². The van der Waals surface area contributed by atoms with Crippen LogP contribution >= 0.6 is 12.4 Å². The summed E-state index contributed by atoms with van der Waals surface area (Å²) < 4.78 is 5.33. The van der Waals surface area contributed by atoms with Crippen LogP contribution in [0, 0.1) is 0 Å². The van der Waals surface area contributed by atoms with Crippen LogP contribution in [-0.2, 0) is 19.7 Å². The number of ketones is 1. The Bertz CT molecular complexity index is 520. The van der Waals surface area contributed by atoms with Gasteiger partial charge in [-0.15, -0.1) is 12.4 Å². The van der Waals surface area contributed by atoms with Crippen molar-refractivity contribution >= 4 is 24.1 Å². The van der Waals surface area contributed by atoms with Crippen molar-refractivity contribution in [1.29, 1.82) is 0 Å². The van der Waals surface area contributed by atoms with Gasteiger partial charge in [0.25, 0.3) is 0 Å². The molecule has 4 nitrogen and oxygen atoms in total. The first kappa shape index (κ1) is 19.7. The zero-order chi connectivity index (χ0) is 16.0. The first-order valence-corrected chi connectivity index (χ1v) is 8.08. The number of halogens is 1. The fourth-order valence-electron chi connectivity index (χ4n) is 3.21. The maximum absolute atomic E-state index is 12.6. The van der Waals surface area contributed by atoms with Crippen LogP contribution < -0.4 is 0 Å². The minimum absolute atomic E-state index is 0. The summed E-state index contributed by atoms with van der Waals surface area (Å²) in [5, 5.41) is 0. The standard InChI is InChI=1S/C18H25NO3.ClH/c1-3-16(20)18(15-8-6-5-7-9-15)10-11-19(17(21)14-18)12-13-22-4-2;/h5-9H,3-4,10-14H2,1-2H3;1H. The molecule has 0 radical (unpaired) electrons. The van der Waals surface area contributed by atoms with Gasteiger partial charge in [-0.1, -0.05) is 37.3 Å². The van der Waals surface area contributed by atoms with E-state index in [2.05, 4.69) is 0 Å². The third-order valence-corrected chi connectivity index (χ3v) is 4.51. The summed E-state index contributed by atoms with van der Waals surface area (Å²) in [7, 11) is 0. The normalized spacial score (nSPS) is 21.0. The maximum Gasteiger partial charge on any atom is 0.223 e. The van der Waals surface area contributed by atoms with E-state index in [4.69, 9.17) is 4.74 Å². The SMILES string of the molecule is CCOCCN1CCC(C(=O)CC)(c2ccccc2)CC1=O.Cl. The average Bonchev–Trinajstić information content (AvgIpc) is 2.56. The topological polar surface area (TPSA) is 46.6 Å². The van der Waals surface area contributed by atoms with E-state index in [1.165, 1.54) is 0 Å². The number of hydrogen-bond acceptors (Lipinski definition) is 3. The largest absolute Gasteiger partial charge is 0.380 e. The van der Waals surface area contributed by atoms with Gasteiger partial charge in [-0.25, -0.2) is 0 Å². The van der Waals surface area contributed by atoms with Crippen molar-refractivity contribution in [2.45, 2.75) is 38.5 Å². The smallest absolute Gasteiger partial charge is 0.223 e. The van der Waals surface area contributed by atoms with Crippen molar-refractivity contribution in [3.8, 4) is 0 Å². The van der Waals surface area contributed by atoms with Crippen LogP contribution in [0.2, 0.25) is 0 Å². The molecule has 1 fully saturated rings. The lowest BCUT2D eigenvalue weighted by Crippen LogP contribution is -2.50. The molecular formula is C18H26ClNO3. The number of piperidine rings is 1. The van der Waals surface area contributed by atoms with Gasteiger partial charge in [0.05, 0.1) is 12.0 Å². The van der Waals surface area contributed by atoms with E-state index in [1.807, 2.05) is 49.1 Å². The summed E-state index contributed by atoms with van der Waals surface area (Å²) in [6.45, 7) is 6.26. The Balaban J connectivity index is 0.00000264. The molecule has 1 unspecified atom stereocenters. The third-order valence-electron chi connectivity index (χ3n) is 4.51. The molecule has 0 N–H and O–H groups in total. The van der Waals surface area contributed by atoms with E-state index in [0.29, 0.717) is 39.1 Å². The minimum atomic E-state index is -0.644. The molecule has 23 heavy (non-hydrogen) atoms. The minimum Gasteiger partial charge on any atom is -0.380 e. The van der Waals surface area contributed by atoms with Crippen molar-refractivity contribution in [2.24, 2.45) is 0 Å². The number of nitrogens with zero attached hydrogens (tertiary/aromatic N) is 1. The summed E-state index contributed by atoms with van der Waals surface area (Å²) >= 11 is 0. The lowest BCUT2D eigenvalue weighted by molar-refractivity contribution is -0.142. The number of Topliss-reactive ketones (excluding diaryl/α,β-unsaturated/α-hetero) is 1. The second-order valence-electron chi connectivity index (χ2n) is 5.73. The van der Waals surface area contributed by atoms with Crippen molar-refractivity contribution in [3.05, 3.63) is 35.9 Å². The van der Waals surface area contributed by atoms with Crippen LogP contribution in [-0.4, -0.2) is 42.9 Å². The van der Waals surface area contributed by atoms with Crippen LogP contribution in [0.25, 0.3) is 0 Å². The zero-order valence-electron chi connectivity index (χ0n) is 13.9. The summed E-state index contributed by atoms with van der Waals surface area (Å²) in [6, 6.07) is 9.75. The second kappa shape index (κ2) is 9.04. The van der Waals surface area contributed by atoms with Gasteiger partial charge in [0, 0.05) is 32.5 Å². The molecule has 0 bridgehead atoms. The number of rotatable bonds is 7. The van der Waals surface area contributed by atoms with Crippen LogP contribution in [0.3, 0.4) is 0 Å². The zero-order valence-corrected chi connectivity index (χ0v) is 14.7. The Hall–Kier alpha value is -1.39. The molecule has 128 valence electrons. The highest BCUT2D eigenvalue weighted by Crippen LogP contribution is 2.37. The molecule has 1 amide bonds. The van der Waals surface area contributed by atoms with Crippen LogP contribution in [0.1, 0.15) is 38.7 Å². The van der Waals surface area contributed by atoms with Crippen molar-refractivity contribution in [1.82, 2.24) is 4.90 Å². The highest BCUT2D eigenvalue weighted by molar-refractivity contribution is 5.95. The number of carbonyl (C=O) groups excluding carboxylic acids is 2. The van der Waals surface area contributed by atoms with Gasteiger partial charge in [0.1, 0.15) is 5.78 Å². The molecule has 5 heteroatoms. The van der Waals surface area contributed by atoms with E-state index in [9.17, 15) is 9.59 Å². The summed E-state index contributed by atoms with van der Waals surface area (Å²) in [5.74, 6) is 0.216. The van der Waals surface area contributed by atoms with E-state index in [-0.39, 0.29) is 30.5 Å². The molecule has 2 rings (SSSR count). The first-order valence-electron chi connectivity index (χ1n) is 8.08. The number of hydrogen-bond donors (Lipinski definition) is 0. The number of amides is 1. The molecule has 1 aliphatic heterocycles. The molecule has 0 spiro atoms. The molecular weight excluding hydrogens is 314 g/mol. The van der Waals surface area contributed by atoms with E-state index < -0.39 is 5.41 Å². The van der Waals surface area contributed by atoms with Crippen molar-refractivity contribution in [2.75, 3.05) is 26.3 Å². The Labute approximate surface area is 144 Å². The summed E-state index contributed by atoms with van der Waals surface area (Å²) in [6.07, 6.45) is 1.43. The average molecular weight is 340 g/mol. The highest BCUT2D eigenvalue weighted by atomic mass is 35.5. The molecule has 1 aromatic rings. The Kier molecular flexibility index (Phi) is 7.73. The Morgan fingerprint density at radius 2 is 1.96 bits per heavy atom. The molecule has 1 aromatic carbocycles. The fourth-order valence-corrected chi connectivity index (χ4v) is 3.21. The first-order chi connectivity index (χ1) is 10.6. The third kappa shape index (κ3) is 4.33. The number of carbonyl (C=O) groups is 2. The molecule has 1 saturated heterocycles. The molecule has 0 aromatic heterocycles. The van der Waals surface area contributed by atoms with Gasteiger partial charge in [-0.05, 0) is 18.9 Å². The van der Waals surface area contributed by atoms with Crippen LogP contribution in [0.5, 0.6) is 0 Å². The summed E-state index contributed by atoms with van der Waals surface area (Å²) in [4.78, 5) is 26.9. The van der Waals surface area contributed by atoms with E-state index >= 15 is 0 Å². The maximum atomic E-state index is 12.6. The lowest BCUT2D eigenvalue weighted by Gasteiger charge is -2.40. The second-order valence-corrected chi connectivity index (χ2v) is 5.73. The van der Waals surface area contributed by atoms with Gasteiger partial charge in [0.15, 0.2) is 0 Å².